The van der Waals surface area contributed by atoms with Gasteiger partial charge in [0.15, 0.2) is 0 Å². The Labute approximate surface area is 131 Å². The second kappa shape index (κ2) is 6.69. The van der Waals surface area contributed by atoms with Crippen LogP contribution in [-0.4, -0.2) is 31.1 Å². The lowest BCUT2D eigenvalue weighted by Gasteiger charge is -2.10. The maximum Gasteiger partial charge on any atom is 0.338 e. The standard InChI is InChI=1S/C16H13NO6/c1-22-15(18)10-7-8-11(13(9-10)16(19)23-2)12-5-3-4-6-14(12)17(20)21/h3-9H,1-2H3. The third-order valence-electron chi connectivity index (χ3n) is 3.24. The Morgan fingerprint density at radius 2 is 1.61 bits per heavy atom. The van der Waals surface area contributed by atoms with Crippen LogP contribution in [0.5, 0.6) is 0 Å². The van der Waals surface area contributed by atoms with Crippen LogP contribution in [0.15, 0.2) is 42.5 Å². The van der Waals surface area contributed by atoms with Crippen molar-refractivity contribution in [2.45, 2.75) is 0 Å². The van der Waals surface area contributed by atoms with Crippen molar-refractivity contribution in [3.63, 3.8) is 0 Å². The fraction of sp³-hybridized carbons (Fsp3) is 0.125. The molecular formula is C16H13NO6. The van der Waals surface area contributed by atoms with Crippen molar-refractivity contribution < 1.29 is 24.0 Å². The number of nitro groups is 1. The summed E-state index contributed by atoms with van der Waals surface area (Å²) in [5.41, 5.74) is 0.606. The molecule has 118 valence electrons. The molecule has 0 aliphatic heterocycles. The Hall–Kier alpha value is -3.22. The molecule has 0 heterocycles. The number of ether oxygens (including phenoxy) is 2. The van der Waals surface area contributed by atoms with Crippen molar-refractivity contribution in [3.05, 3.63) is 63.7 Å². The van der Waals surface area contributed by atoms with Gasteiger partial charge in [0.1, 0.15) is 0 Å². The van der Waals surface area contributed by atoms with Crippen LogP contribution >= 0.6 is 0 Å². The van der Waals surface area contributed by atoms with Crippen LogP contribution in [-0.2, 0) is 9.47 Å². The molecule has 0 amide bonds. The fourth-order valence-corrected chi connectivity index (χ4v) is 2.16. The van der Waals surface area contributed by atoms with Crippen LogP contribution in [0.4, 0.5) is 5.69 Å². The molecule has 0 aliphatic rings. The number of carbonyl (C=O) groups excluding carboxylic acids is 2. The fourth-order valence-electron chi connectivity index (χ4n) is 2.16. The van der Waals surface area contributed by atoms with E-state index in [0.717, 1.165) is 0 Å². The van der Waals surface area contributed by atoms with E-state index < -0.39 is 16.9 Å². The van der Waals surface area contributed by atoms with Crippen LogP contribution < -0.4 is 0 Å². The van der Waals surface area contributed by atoms with Gasteiger partial charge in [0.05, 0.1) is 35.8 Å². The van der Waals surface area contributed by atoms with Crippen molar-refractivity contribution in [1.82, 2.24) is 0 Å². The lowest BCUT2D eigenvalue weighted by atomic mass is 9.96. The third-order valence-corrected chi connectivity index (χ3v) is 3.24. The monoisotopic (exact) mass is 315 g/mol. The maximum absolute atomic E-state index is 12.0. The zero-order valence-electron chi connectivity index (χ0n) is 12.4. The van der Waals surface area contributed by atoms with Gasteiger partial charge in [-0.3, -0.25) is 10.1 Å². The molecule has 7 nitrogen and oxygen atoms in total. The van der Waals surface area contributed by atoms with E-state index in [-0.39, 0.29) is 22.4 Å². The van der Waals surface area contributed by atoms with Crippen molar-refractivity contribution in [2.24, 2.45) is 0 Å². The summed E-state index contributed by atoms with van der Waals surface area (Å²) in [5, 5.41) is 11.2. The Balaban J connectivity index is 2.70. The van der Waals surface area contributed by atoms with Gasteiger partial charge in [-0.25, -0.2) is 9.59 Å². The predicted molar refractivity (Wildman–Crippen MR) is 81.2 cm³/mol. The number of hydrogen-bond acceptors (Lipinski definition) is 6. The average Bonchev–Trinajstić information content (AvgIpc) is 2.59. The molecule has 0 fully saturated rings. The van der Waals surface area contributed by atoms with Gasteiger partial charge in [0.2, 0.25) is 0 Å². The molecule has 0 radical (unpaired) electrons. The minimum Gasteiger partial charge on any atom is -0.465 e. The van der Waals surface area contributed by atoms with Gasteiger partial charge in [-0.15, -0.1) is 0 Å². The van der Waals surface area contributed by atoms with Crippen molar-refractivity contribution in [1.29, 1.82) is 0 Å². The first-order valence-corrected chi connectivity index (χ1v) is 6.54. The van der Waals surface area contributed by atoms with E-state index in [1.807, 2.05) is 0 Å². The van der Waals surface area contributed by atoms with Crippen molar-refractivity contribution in [2.75, 3.05) is 14.2 Å². The summed E-state index contributed by atoms with van der Waals surface area (Å²) in [4.78, 5) is 34.3. The van der Waals surface area contributed by atoms with E-state index in [4.69, 9.17) is 4.74 Å². The Bertz CT molecular complexity index is 784. The molecule has 2 aromatic rings. The zero-order chi connectivity index (χ0) is 17.0. The summed E-state index contributed by atoms with van der Waals surface area (Å²) in [6.45, 7) is 0. The van der Waals surface area contributed by atoms with Crippen LogP contribution in [0.3, 0.4) is 0 Å². The first-order chi connectivity index (χ1) is 11.0. The second-order valence-electron chi connectivity index (χ2n) is 4.52. The third kappa shape index (κ3) is 3.18. The summed E-state index contributed by atoms with van der Waals surface area (Å²) in [7, 11) is 2.41. The SMILES string of the molecule is COC(=O)c1ccc(-c2ccccc2[N+](=O)[O-])c(C(=O)OC)c1. The lowest BCUT2D eigenvalue weighted by molar-refractivity contribution is -0.384. The highest BCUT2D eigenvalue weighted by Crippen LogP contribution is 2.33. The van der Waals surface area contributed by atoms with Gasteiger partial charge in [-0.2, -0.15) is 0 Å². The first-order valence-electron chi connectivity index (χ1n) is 6.54. The number of para-hydroxylation sites is 1. The topological polar surface area (TPSA) is 95.7 Å². The molecule has 0 atom stereocenters. The molecule has 2 aromatic carbocycles. The average molecular weight is 315 g/mol. The van der Waals surface area contributed by atoms with Gasteiger partial charge in [-0.1, -0.05) is 18.2 Å². The first kappa shape index (κ1) is 16.2. The zero-order valence-corrected chi connectivity index (χ0v) is 12.4. The number of carbonyl (C=O) groups is 2. The van der Waals surface area contributed by atoms with Gasteiger partial charge in [-0.05, 0) is 18.2 Å². The van der Waals surface area contributed by atoms with Gasteiger partial charge in [0.25, 0.3) is 5.69 Å². The molecule has 7 heteroatoms. The number of methoxy groups -OCH3 is 2. The number of rotatable bonds is 4. The molecule has 0 saturated carbocycles. The van der Waals surface area contributed by atoms with E-state index >= 15 is 0 Å². The molecular weight excluding hydrogens is 302 g/mol. The van der Waals surface area contributed by atoms with Crippen molar-refractivity contribution in [3.8, 4) is 11.1 Å². The van der Waals surface area contributed by atoms with E-state index in [0.29, 0.717) is 5.56 Å². The van der Waals surface area contributed by atoms with E-state index in [9.17, 15) is 19.7 Å². The molecule has 0 N–H and O–H groups in total. The summed E-state index contributed by atoms with van der Waals surface area (Å²) in [6.07, 6.45) is 0. The number of nitro benzene ring substituents is 1. The Morgan fingerprint density at radius 1 is 0.957 bits per heavy atom. The lowest BCUT2D eigenvalue weighted by Crippen LogP contribution is -2.08. The Morgan fingerprint density at radius 3 is 2.22 bits per heavy atom. The quantitative estimate of drug-likeness (QED) is 0.489. The van der Waals surface area contributed by atoms with Gasteiger partial charge >= 0.3 is 11.9 Å². The Kier molecular flexibility index (Phi) is 4.70. The number of esters is 2. The summed E-state index contributed by atoms with van der Waals surface area (Å²) < 4.78 is 9.32. The normalized spacial score (nSPS) is 10.0. The second-order valence-corrected chi connectivity index (χ2v) is 4.52. The van der Waals surface area contributed by atoms with E-state index in [2.05, 4.69) is 4.74 Å². The molecule has 0 spiro atoms. The molecule has 23 heavy (non-hydrogen) atoms. The molecule has 0 bridgehead atoms. The number of benzene rings is 2. The predicted octanol–water partition coefficient (Wildman–Crippen LogP) is 2.84. The van der Waals surface area contributed by atoms with E-state index in [1.54, 1.807) is 6.07 Å². The highest BCUT2D eigenvalue weighted by molar-refractivity contribution is 6.01. The minimum atomic E-state index is -0.705. The number of hydrogen-bond donors (Lipinski definition) is 0. The summed E-state index contributed by atoms with van der Waals surface area (Å²) in [5.74, 6) is -1.33. The number of nitrogens with zero attached hydrogens (tertiary/aromatic N) is 1. The smallest absolute Gasteiger partial charge is 0.338 e. The highest BCUT2D eigenvalue weighted by atomic mass is 16.6. The largest absolute Gasteiger partial charge is 0.465 e. The van der Waals surface area contributed by atoms with Crippen LogP contribution in [0.25, 0.3) is 11.1 Å². The van der Waals surface area contributed by atoms with Crippen LogP contribution in [0, 0.1) is 10.1 Å². The van der Waals surface area contributed by atoms with Gasteiger partial charge in [0, 0.05) is 11.6 Å². The summed E-state index contributed by atoms with van der Waals surface area (Å²) >= 11 is 0. The maximum atomic E-state index is 12.0. The molecule has 0 aromatic heterocycles. The molecule has 0 unspecified atom stereocenters. The van der Waals surface area contributed by atoms with Crippen LogP contribution in [0.2, 0.25) is 0 Å². The molecule has 2 rings (SSSR count). The van der Waals surface area contributed by atoms with E-state index in [1.165, 1.54) is 50.6 Å². The highest BCUT2D eigenvalue weighted by Gasteiger charge is 2.22. The minimum absolute atomic E-state index is 0.0460. The van der Waals surface area contributed by atoms with Crippen LogP contribution in [0.1, 0.15) is 20.7 Å². The van der Waals surface area contributed by atoms with Crippen molar-refractivity contribution >= 4 is 17.6 Å². The summed E-state index contributed by atoms with van der Waals surface area (Å²) in [6, 6.07) is 10.2. The molecule has 0 aliphatic carbocycles. The molecule has 0 saturated heterocycles. The van der Waals surface area contributed by atoms with Gasteiger partial charge < -0.3 is 9.47 Å².